The van der Waals surface area contributed by atoms with Crippen molar-refractivity contribution in [3.8, 4) is 17.1 Å². The van der Waals surface area contributed by atoms with Gasteiger partial charge in [-0.1, -0.05) is 6.07 Å². The molecule has 0 aliphatic carbocycles. The number of anilines is 1. The van der Waals surface area contributed by atoms with Crippen molar-refractivity contribution in [1.82, 2.24) is 34.8 Å². The van der Waals surface area contributed by atoms with Crippen LogP contribution in [0.25, 0.3) is 28.0 Å². The van der Waals surface area contributed by atoms with Gasteiger partial charge in [0.2, 0.25) is 0 Å². The molecule has 5 rings (SSSR count). The van der Waals surface area contributed by atoms with Crippen molar-refractivity contribution in [3.05, 3.63) is 48.5 Å². The fraction of sp³-hybridized carbons (Fsp3) is 0.391. The van der Waals surface area contributed by atoms with Crippen molar-refractivity contribution in [2.45, 2.75) is 25.7 Å². The molecule has 5 heterocycles. The highest BCUT2D eigenvalue weighted by atomic mass is 19.4. The van der Waals surface area contributed by atoms with E-state index in [2.05, 4.69) is 25.4 Å². The van der Waals surface area contributed by atoms with Gasteiger partial charge in [0.1, 0.15) is 12.4 Å². The number of rotatable bonds is 5. The lowest BCUT2D eigenvalue weighted by molar-refractivity contribution is -0.142. The average Bonchev–Trinajstić information content (AvgIpc) is 3.38. The van der Waals surface area contributed by atoms with Gasteiger partial charge in [-0.25, -0.2) is 9.67 Å². The second-order valence-electron chi connectivity index (χ2n) is 8.54. The molecule has 1 aliphatic heterocycles. The lowest BCUT2D eigenvalue weighted by Gasteiger charge is -2.26. The molecule has 12 heteroatoms. The molecule has 0 radical (unpaired) electrons. The van der Waals surface area contributed by atoms with Gasteiger partial charge in [0, 0.05) is 56.6 Å². The first-order chi connectivity index (χ1) is 16.8. The molecule has 0 aromatic carbocycles. The Labute approximate surface area is 199 Å². The van der Waals surface area contributed by atoms with Gasteiger partial charge < -0.3 is 15.0 Å². The maximum atomic E-state index is 12.7. The molecule has 1 unspecified atom stereocenters. The minimum atomic E-state index is -4.35. The maximum Gasteiger partial charge on any atom is 0.408 e. The van der Waals surface area contributed by atoms with Crippen LogP contribution in [-0.2, 0) is 11.3 Å². The molecule has 0 saturated carbocycles. The van der Waals surface area contributed by atoms with Gasteiger partial charge in [-0.15, -0.1) is 0 Å². The van der Waals surface area contributed by atoms with E-state index in [1.54, 1.807) is 30.3 Å². The fourth-order valence-electron chi connectivity index (χ4n) is 4.20. The number of aryl methyl sites for hydroxylation is 1. The molecule has 1 fully saturated rings. The predicted molar refractivity (Wildman–Crippen MR) is 125 cm³/mol. The number of nitrogens with one attached hydrogen (secondary N) is 1. The van der Waals surface area contributed by atoms with Crippen LogP contribution in [0.1, 0.15) is 5.56 Å². The Balaban J connectivity index is 1.49. The Kier molecular flexibility index (Phi) is 6.15. The molecule has 0 bridgehead atoms. The molecule has 0 amide bonds. The lowest BCUT2D eigenvalue weighted by atomic mass is 10.2. The molecule has 4 aromatic rings. The number of nitrogens with zero attached hydrogens (tertiary/aromatic N) is 7. The SMILES string of the molecule is COC1CNCCN(c2nc(-n3ncc4cnc(-c5cnn(CC(F)(F)F)c5)cc43)ccc2C)C1. The molecule has 1 saturated heterocycles. The summed E-state index contributed by atoms with van der Waals surface area (Å²) in [5.41, 5.74) is 2.78. The second-order valence-corrected chi connectivity index (χ2v) is 8.54. The van der Waals surface area contributed by atoms with Crippen LogP contribution in [0.15, 0.2) is 43.0 Å². The maximum absolute atomic E-state index is 12.7. The van der Waals surface area contributed by atoms with E-state index in [0.29, 0.717) is 17.1 Å². The number of ether oxygens (including phenoxy) is 1. The number of halogens is 3. The van der Waals surface area contributed by atoms with E-state index in [0.717, 1.165) is 53.1 Å². The number of hydrogen-bond acceptors (Lipinski definition) is 7. The Morgan fingerprint density at radius 3 is 2.83 bits per heavy atom. The Hall–Kier alpha value is -3.51. The summed E-state index contributed by atoms with van der Waals surface area (Å²) in [5.74, 6) is 1.50. The summed E-state index contributed by atoms with van der Waals surface area (Å²) in [6.07, 6.45) is 1.76. The molecule has 35 heavy (non-hydrogen) atoms. The van der Waals surface area contributed by atoms with Crippen molar-refractivity contribution in [1.29, 1.82) is 0 Å². The molecular weight excluding hydrogens is 461 g/mol. The normalized spacial score (nSPS) is 17.2. The average molecular weight is 487 g/mol. The summed E-state index contributed by atoms with van der Waals surface area (Å²) in [4.78, 5) is 11.5. The van der Waals surface area contributed by atoms with Crippen molar-refractivity contribution in [3.63, 3.8) is 0 Å². The topological polar surface area (TPSA) is 85.9 Å². The Bertz CT molecular complexity index is 1330. The first kappa shape index (κ1) is 23.2. The second kappa shape index (κ2) is 9.27. The van der Waals surface area contributed by atoms with E-state index in [1.807, 2.05) is 19.1 Å². The molecule has 1 N–H and O–H groups in total. The summed E-state index contributed by atoms with van der Waals surface area (Å²) in [6, 6.07) is 5.69. The summed E-state index contributed by atoms with van der Waals surface area (Å²) in [5, 5.41) is 12.5. The van der Waals surface area contributed by atoms with E-state index >= 15 is 0 Å². The van der Waals surface area contributed by atoms with Gasteiger partial charge in [-0.3, -0.25) is 9.67 Å². The van der Waals surface area contributed by atoms with Crippen LogP contribution < -0.4 is 10.2 Å². The third-order valence-corrected chi connectivity index (χ3v) is 5.98. The summed E-state index contributed by atoms with van der Waals surface area (Å²) in [7, 11) is 1.71. The molecule has 0 spiro atoms. The highest BCUT2D eigenvalue weighted by Crippen LogP contribution is 2.26. The molecule has 4 aromatic heterocycles. The van der Waals surface area contributed by atoms with Crippen LogP contribution in [0, 0.1) is 6.92 Å². The smallest absolute Gasteiger partial charge is 0.378 e. The van der Waals surface area contributed by atoms with Crippen molar-refractivity contribution < 1.29 is 17.9 Å². The zero-order chi connectivity index (χ0) is 24.6. The third kappa shape index (κ3) is 4.98. The van der Waals surface area contributed by atoms with Crippen LogP contribution in [0.2, 0.25) is 0 Å². The van der Waals surface area contributed by atoms with E-state index in [1.165, 1.54) is 12.4 Å². The van der Waals surface area contributed by atoms with Gasteiger partial charge in [-0.2, -0.15) is 23.4 Å². The zero-order valence-corrected chi connectivity index (χ0v) is 19.3. The van der Waals surface area contributed by atoms with Crippen LogP contribution in [-0.4, -0.2) is 75.1 Å². The van der Waals surface area contributed by atoms with Crippen molar-refractivity contribution >= 4 is 16.7 Å². The number of hydrogen-bond donors (Lipinski definition) is 1. The molecular formula is C23H25F3N8O. The highest BCUT2D eigenvalue weighted by molar-refractivity contribution is 5.83. The highest BCUT2D eigenvalue weighted by Gasteiger charge is 2.28. The van der Waals surface area contributed by atoms with Crippen molar-refractivity contribution in [2.75, 3.05) is 38.2 Å². The van der Waals surface area contributed by atoms with E-state index in [-0.39, 0.29) is 6.10 Å². The van der Waals surface area contributed by atoms with Crippen LogP contribution in [0.5, 0.6) is 0 Å². The number of aromatic nitrogens is 6. The van der Waals surface area contributed by atoms with Gasteiger partial charge >= 0.3 is 6.18 Å². The number of fused-ring (bicyclic) bond motifs is 1. The largest absolute Gasteiger partial charge is 0.408 e. The van der Waals surface area contributed by atoms with E-state index in [9.17, 15) is 13.2 Å². The Morgan fingerprint density at radius 2 is 2.03 bits per heavy atom. The quantitative estimate of drug-likeness (QED) is 0.464. The summed E-state index contributed by atoms with van der Waals surface area (Å²) < 4.78 is 46.3. The standard InChI is InChI=1S/C23H25F3N8O/c1-15-3-4-21(31-22(15)32-6-5-27-11-18(13-32)35-2)34-20-7-19(28-8-16(20)9-30-34)17-10-29-33(12-17)14-23(24,25)26/h3-4,7-10,12,18,27H,5-6,11,13-14H2,1-2H3. The first-order valence-corrected chi connectivity index (χ1v) is 11.2. The van der Waals surface area contributed by atoms with Crippen LogP contribution in [0.4, 0.5) is 19.0 Å². The van der Waals surface area contributed by atoms with Gasteiger partial charge in [-0.05, 0) is 24.6 Å². The van der Waals surface area contributed by atoms with Crippen molar-refractivity contribution in [2.24, 2.45) is 0 Å². The van der Waals surface area contributed by atoms with Gasteiger partial charge in [0.25, 0.3) is 0 Å². The predicted octanol–water partition coefficient (Wildman–Crippen LogP) is 2.97. The van der Waals surface area contributed by atoms with E-state index < -0.39 is 12.7 Å². The zero-order valence-electron chi connectivity index (χ0n) is 19.3. The summed E-state index contributed by atoms with van der Waals surface area (Å²) in [6.45, 7) is 3.99. The number of methoxy groups -OCH3 is 1. The first-order valence-electron chi connectivity index (χ1n) is 11.2. The minimum Gasteiger partial charge on any atom is -0.378 e. The lowest BCUT2D eigenvalue weighted by Crippen LogP contribution is -2.35. The number of alkyl halides is 3. The monoisotopic (exact) mass is 486 g/mol. The van der Waals surface area contributed by atoms with Crippen LogP contribution in [0.3, 0.4) is 0 Å². The minimum absolute atomic E-state index is 0.0554. The van der Waals surface area contributed by atoms with Gasteiger partial charge in [0.05, 0.1) is 29.7 Å². The fourth-order valence-corrected chi connectivity index (χ4v) is 4.20. The number of pyridine rings is 2. The molecule has 1 aliphatic rings. The Morgan fingerprint density at radius 1 is 1.17 bits per heavy atom. The molecule has 9 nitrogen and oxygen atoms in total. The molecule has 184 valence electrons. The van der Waals surface area contributed by atoms with Gasteiger partial charge in [0.15, 0.2) is 5.82 Å². The summed E-state index contributed by atoms with van der Waals surface area (Å²) >= 11 is 0. The third-order valence-electron chi connectivity index (χ3n) is 5.98. The molecule has 1 atom stereocenters. The van der Waals surface area contributed by atoms with E-state index in [4.69, 9.17) is 9.72 Å². The van der Waals surface area contributed by atoms with Crippen LogP contribution >= 0.6 is 0 Å².